The van der Waals surface area contributed by atoms with Crippen molar-refractivity contribution in [2.75, 3.05) is 0 Å². The molecule has 0 N–H and O–H groups in total. The molecule has 2 unspecified atom stereocenters. The van der Waals surface area contributed by atoms with Crippen LogP contribution >= 0.6 is 0 Å². The van der Waals surface area contributed by atoms with Crippen LogP contribution < -0.4 is 0 Å². The van der Waals surface area contributed by atoms with Gasteiger partial charge < -0.3 is 0 Å². The van der Waals surface area contributed by atoms with Gasteiger partial charge in [-0.2, -0.15) is 16.8 Å². The van der Waals surface area contributed by atoms with Gasteiger partial charge in [-0.1, -0.05) is 68.0 Å². The molecular formula is C23H32O6S2. The van der Waals surface area contributed by atoms with Gasteiger partial charge in [0.2, 0.25) is 0 Å². The first-order valence-electron chi connectivity index (χ1n) is 10.5. The van der Waals surface area contributed by atoms with Gasteiger partial charge in [-0.05, 0) is 51.5 Å². The average Bonchev–Trinajstić information content (AvgIpc) is 2.70. The summed E-state index contributed by atoms with van der Waals surface area (Å²) >= 11 is 0. The highest BCUT2D eigenvalue weighted by Crippen LogP contribution is 2.24. The number of unbranched alkanes of at least 4 members (excludes halogenated alkanes) is 3. The van der Waals surface area contributed by atoms with Crippen LogP contribution in [-0.2, 0) is 28.6 Å². The lowest BCUT2D eigenvalue weighted by atomic mass is 10.1. The maximum atomic E-state index is 12.8. The Bertz CT molecular complexity index is 1030. The van der Waals surface area contributed by atoms with Gasteiger partial charge >= 0.3 is 0 Å². The minimum Gasteiger partial charge on any atom is -0.261 e. The topological polar surface area (TPSA) is 86.7 Å². The summed E-state index contributed by atoms with van der Waals surface area (Å²) in [4.78, 5) is 0.0568. The summed E-state index contributed by atoms with van der Waals surface area (Å²) in [6, 6.07) is 12.6. The number of hydrogen-bond acceptors (Lipinski definition) is 6. The van der Waals surface area contributed by atoms with Crippen molar-refractivity contribution in [3.05, 3.63) is 59.7 Å². The zero-order valence-corrected chi connectivity index (χ0v) is 20.2. The van der Waals surface area contributed by atoms with Crippen molar-refractivity contribution in [1.82, 2.24) is 0 Å². The second kappa shape index (κ2) is 11.2. The van der Waals surface area contributed by atoms with Crippen LogP contribution in [0.3, 0.4) is 0 Å². The molecule has 0 radical (unpaired) electrons. The van der Waals surface area contributed by atoms with Crippen molar-refractivity contribution in [3.63, 3.8) is 0 Å². The summed E-state index contributed by atoms with van der Waals surface area (Å²) in [5, 5.41) is 0. The van der Waals surface area contributed by atoms with Gasteiger partial charge in [0.05, 0.1) is 9.79 Å². The summed E-state index contributed by atoms with van der Waals surface area (Å²) < 4.78 is 61.8. The molecule has 0 spiro atoms. The molecule has 0 amide bonds. The molecule has 8 heteroatoms. The van der Waals surface area contributed by atoms with Gasteiger partial charge in [-0.3, -0.25) is 8.37 Å². The summed E-state index contributed by atoms with van der Waals surface area (Å²) in [6.07, 6.45) is 2.11. The lowest BCUT2D eigenvalue weighted by Crippen LogP contribution is -2.33. The zero-order chi connectivity index (χ0) is 23.1. The molecule has 2 rings (SSSR count). The minimum atomic E-state index is -4.06. The molecule has 0 saturated heterocycles. The summed E-state index contributed by atoms with van der Waals surface area (Å²) in [6.45, 7) is 7.33. The summed E-state index contributed by atoms with van der Waals surface area (Å²) in [5.41, 5.74) is 1.85. The fourth-order valence-corrected chi connectivity index (χ4v) is 5.34. The van der Waals surface area contributed by atoms with Crippen LogP contribution in [-0.4, -0.2) is 29.0 Å². The molecule has 2 aromatic carbocycles. The Labute approximate surface area is 186 Å². The predicted octanol–water partition coefficient (Wildman–Crippen LogP) is 5.14. The van der Waals surface area contributed by atoms with E-state index in [2.05, 4.69) is 6.92 Å². The average molecular weight is 469 g/mol. The van der Waals surface area contributed by atoms with Crippen molar-refractivity contribution >= 4 is 20.2 Å². The van der Waals surface area contributed by atoms with Crippen LogP contribution in [0.25, 0.3) is 0 Å². The Balaban J connectivity index is 2.21. The molecule has 172 valence electrons. The Morgan fingerprint density at radius 2 is 1.16 bits per heavy atom. The molecule has 0 aromatic heterocycles. The summed E-state index contributed by atoms with van der Waals surface area (Å²) in [5.74, 6) is 0. The standard InChI is InChI=1S/C23H32O6S2/c1-5-6-7-8-9-23(29-31(26,27)22-16-12-19(3)13-17-22)20(4)28-30(24,25)21-14-10-18(2)11-15-21/h10-17,20,23H,5-9H2,1-4H3. The first-order chi connectivity index (χ1) is 14.5. The number of aryl methyl sites for hydroxylation is 2. The van der Waals surface area contributed by atoms with Gasteiger partial charge in [-0.15, -0.1) is 0 Å². The molecule has 0 aliphatic rings. The highest BCUT2D eigenvalue weighted by Gasteiger charge is 2.30. The van der Waals surface area contributed by atoms with Gasteiger partial charge in [-0.25, -0.2) is 0 Å². The second-order valence-electron chi connectivity index (χ2n) is 7.82. The maximum absolute atomic E-state index is 12.8. The molecule has 0 aliphatic carbocycles. The SMILES string of the molecule is CCCCCCC(OS(=O)(=O)c1ccc(C)cc1)C(C)OS(=O)(=O)c1ccc(C)cc1. The molecule has 0 fully saturated rings. The van der Waals surface area contributed by atoms with E-state index in [-0.39, 0.29) is 9.79 Å². The van der Waals surface area contributed by atoms with E-state index in [1.807, 2.05) is 13.8 Å². The van der Waals surface area contributed by atoms with Crippen molar-refractivity contribution in [2.24, 2.45) is 0 Å². The van der Waals surface area contributed by atoms with E-state index in [1.165, 1.54) is 31.2 Å². The van der Waals surface area contributed by atoms with E-state index in [9.17, 15) is 16.8 Å². The van der Waals surface area contributed by atoms with Crippen molar-refractivity contribution in [1.29, 1.82) is 0 Å². The van der Waals surface area contributed by atoms with E-state index in [1.54, 1.807) is 24.3 Å². The van der Waals surface area contributed by atoms with E-state index < -0.39 is 32.4 Å². The van der Waals surface area contributed by atoms with E-state index in [0.29, 0.717) is 12.8 Å². The van der Waals surface area contributed by atoms with Gasteiger partial charge in [0, 0.05) is 0 Å². The van der Waals surface area contributed by atoms with E-state index in [4.69, 9.17) is 8.37 Å². The van der Waals surface area contributed by atoms with E-state index >= 15 is 0 Å². The Kier molecular flexibility index (Phi) is 9.24. The third-order valence-electron chi connectivity index (χ3n) is 5.01. The fourth-order valence-electron chi connectivity index (χ4n) is 3.08. The molecule has 0 heterocycles. The van der Waals surface area contributed by atoms with Crippen LogP contribution in [0.2, 0.25) is 0 Å². The fraction of sp³-hybridized carbons (Fsp3) is 0.478. The Morgan fingerprint density at radius 3 is 1.61 bits per heavy atom. The Hall–Kier alpha value is -1.74. The van der Waals surface area contributed by atoms with Crippen molar-refractivity contribution in [3.8, 4) is 0 Å². The molecule has 0 bridgehead atoms. The van der Waals surface area contributed by atoms with Gasteiger partial charge in [0.15, 0.2) is 0 Å². The minimum absolute atomic E-state index is 0.0241. The molecule has 31 heavy (non-hydrogen) atoms. The van der Waals surface area contributed by atoms with E-state index in [0.717, 1.165) is 30.4 Å². The third kappa shape index (κ3) is 7.71. The van der Waals surface area contributed by atoms with Crippen LogP contribution in [0.1, 0.15) is 57.1 Å². The largest absolute Gasteiger partial charge is 0.297 e. The van der Waals surface area contributed by atoms with Crippen molar-refractivity contribution in [2.45, 2.75) is 81.8 Å². The zero-order valence-electron chi connectivity index (χ0n) is 18.6. The van der Waals surface area contributed by atoms with Crippen molar-refractivity contribution < 1.29 is 25.2 Å². The first-order valence-corrected chi connectivity index (χ1v) is 13.4. The lowest BCUT2D eigenvalue weighted by molar-refractivity contribution is 0.0667. The van der Waals surface area contributed by atoms with Gasteiger partial charge in [0.25, 0.3) is 20.2 Å². The highest BCUT2D eigenvalue weighted by atomic mass is 32.2. The van der Waals surface area contributed by atoms with Gasteiger partial charge in [0.1, 0.15) is 12.2 Å². The van der Waals surface area contributed by atoms with Crippen LogP contribution in [0.5, 0.6) is 0 Å². The normalized spacial score (nSPS) is 14.3. The number of hydrogen-bond donors (Lipinski definition) is 0. The monoisotopic (exact) mass is 468 g/mol. The predicted molar refractivity (Wildman–Crippen MR) is 121 cm³/mol. The Morgan fingerprint density at radius 1 is 0.710 bits per heavy atom. The maximum Gasteiger partial charge on any atom is 0.297 e. The quantitative estimate of drug-likeness (QED) is 0.317. The second-order valence-corrected chi connectivity index (χ2v) is 11.0. The van der Waals surface area contributed by atoms with Crippen LogP contribution in [0.15, 0.2) is 58.3 Å². The molecular weight excluding hydrogens is 436 g/mol. The third-order valence-corrected chi connectivity index (χ3v) is 7.77. The molecule has 2 aromatic rings. The molecule has 0 aliphatic heterocycles. The first kappa shape index (κ1) is 25.5. The molecule has 6 nitrogen and oxygen atoms in total. The smallest absolute Gasteiger partial charge is 0.261 e. The molecule has 0 saturated carbocycles. The van der Waals surface area contributed by atoms with Crippen LogP contribution in [0.4, 0.5) is 0 Å². The van der Waals surface area contributed by atoms with Crippen LogP contribution in [0, 0.1) is 13.8 Å². The number of rotatable bonds is 12. The number of benzene rings is 2. The molecule has 2 atom stereocenters. The highest BCUT2D eigenvalue weighted by molar-refractivity contribution is 7.87. The summed E-state index contributed by atoms with van der Waals surface area (Å²) in [7, 11) is -8.12. The lowest BCUT2D eigenvalue weighted by Gasteiger charge is -2.24.